The zero-order valence-corrected chi connectivity index (χ0v) is 14.4. The summed E-state index contributed by atoms with van der Waals surface area (Å²) in [6.07, 6.45) is 2.59. The Labute approximate surface area is 145 Å². The van der Waals surface area contributed by atoms with Gasteiger partial charge in [-0.3, -0.25) is 4.79 Å². The van der Waals surface area contributed by atoms with Gasteiger partial charge in [-0.05, 0) is 18.6 Å². The molecule has 1 aromatic carbocycles. The summed E-state index contributed by atoms with van der Waals surface area (Å²) in [6, 6.07) is 7.00. The van der Waals surface area contributed by atoms with Gasteiger partial charge in [-0.2, -0.15) is 0 Å². The fourth-order valence-electron chi connectivity index (χ4n) is 2.64. The number of benzene rings is 1. The standard InChI is InChI=1S/C16H17ClN2O4S/c17-13-4-2-1-3-12(13)14-9-18-16(23-14)6-5-15(20)19-11-7-8-24(21,22)10-11/h1-4,9,11H,5-8,10H2,(H,19,20). The van der Waals surface area contributed by atoms with Crippen LogP contribution in [0.5, 0.6) is 0 Å². The lowest BCUT2D eigenvalue weighted by Gasteiger charge is -2.09. The molecule has 128 valence electrons. The maximum absolute atomic E-state index is 11.9. The van der Waals surface area contributed by atoms with E-state index in [0.717, 1.165) is 5.56 Å². The molecule has 3 rings (SSSR count). The van der Waals surface area contributed by atoms with Crippen LogP contribution in [0.15, 0.2) is 34.9 Å². The van der Waals surface area contributed by atoms with Crippen LogP contribution in [-0.4, -0.2) is 36.9 Å². The lowest BCUT2D eigenvalue weighted by Crippen LogP contribution is -2.35. The Bertz CT molecular complexity index is 847. The summed E-state index contributed by atoms with van der Waals surface area (Å²) in [5.41, 5.74) is 0.749. The average molecular weight is 369 g/mol. The van der Waals surface area contributed by atoms with E-state index in [0.29, 0.717) is 29.5 Å². The van der Waals surface area contributed by atoms with E-state index < -0.39 is 9.84 Å². The van der Waals surface area contributed by atoms with Gasteiger partial charge in [0.1, 0.15) is 0 Å². The lowest BCUT2D eigenvalue weighted by atomic mass is 10.2. The second-order valence-corrected chi connectivity index (χ2v) is 8.40. The van der Waals surface area contributed by atoms with Crippen LogP contribution in [0.4, 0.5) is 0 Å². The lowest BCUT2D eigenvalue weighted by molar-refractivity contribution is -0.121. The summed E-state index contributed by atoms with van der Waals surface area (Å²) in [5, 5.41) is 3.31. The van der Waals surface area contributed by atoms with Crippen molar-refractivity contribution < 1.29 is 17.6 Å². The van der Waals surface area contributed by atoms with Crippen molar-refractivity contribution >= 4 is 27.3 Å². The van der Waals surface area contributed by atoms with Gasteiger partial charge in [-0.25, -0.2) is 13.4 Å². The van der Waals surface area contributed by atoms with Crippen LogP contribution in [0.2, 0.25) is 5.02 Å². The number of rotatable bonds is 5. The quantitative estimate of drug-likeness (QED) is 0.874. The molecule has 0 saturated carbocycles. The maximum atomic E-state index is 11.9. The Kier molecular flexibility index (Phi) is 4.91. The van der Waals surface area contributed by atoms with E-state index in [1.807, 2.05) is 18.2 Å². The smallest absolute Gasteiger partial charge is 0.220 e. The molecule has 0 radical (unpaired) electrons. The molecule has 6 nitrogen and oxygen atoms in total. The predicted molar refractivity (Wildman–Crippen MR) is 90.5 cm³/mol. The minimum absolute atomic E-state index is 0.0222. The van der Waals surface area contributed by atoms with Gasteiger partial charge in [0.25, 0.3) is 0 Å². The first-order valence-electron chi connectivity index (χ1n) is 7.62. The largest absolute Gasteiger partial charge is 0.441 e. The second-order valence-electron chi connectivity index (χ2n) is 5.77. The minimum Gasteiger partial charge on any atom is -0.441 e. The van der Waals surface area contributed by atoms with Gasteiger partial charge in [0.2, 0.25) is 5.91 Å². The minimum atomic E-state index is -3.00. The third kappa shape index (κ3) is 4.15. The van der Waals surface area contributed by atoms with Gasteiger partial charge in [0.15, 0.2) is 21.5 Å². The zero-order chi connectivity index (χ0) is 17.2. The molecule has 1 saturated heterocycles. The summed E-state index contributed by atoms with van der Waals surface area (Å²) in [7, 11) is -3.00. The number of aromatic nitrogens is 1. The van der Waals surface area contributed by atoms with Crippen molar-refractivity contribution in [2.24, 2.45) is 0 Å². The van der Waals surface area contributed by atoms with Crippen molar-refractivity contribution in [3.8, 4) is 11.3 Å². The number of sulfone groups is 1. The third-order valence-corrected chi connectivity index (χ3v) is 5.95. The van der Waals surface area contributed by atoms with E-state index in [4.69, 9.17) is 16.0 Å². The van der Waals surface area contributed by atoms with Crippen molar-refractivity contribution in [2.45, 2.75) is 25.3 Å². The first-order valence-corrected chi connectivity index (χ1v) is 9.82. The van der Waals surface area contributed by atoms with Crippen molar-refractivity contribution in [3.63, 3.8) is 0 Å². The molecule has 0 aliphatic carbocycles. The highest BCUT2D eigenvalue weighted by atomic mass is 35.5. The highest BCUT2D eigenvalue weighted by Crippen LogP contribution is 2.28. The number of carbonyl (C=O) groups excluding carboxylic acids is 1. The third-order valence-electron chi connectivity index (χ3n) is 3.86. The Hall–Kier alpha value is -1.86. The maximum Gasteiger partial charge on any atom is 0.220 e. The van der Waals surface area contributed by atoms with E-state index >= 15 is 0 Å². The van der Waals surface area contributed by atoms with Crippen LogP contribution < -0.4 is 5.32 Å². The van der Waals surface area contributed by atoms with Gasteiger partial charge < -0.3 is 9.73 Å². The number of hydrogen-bond acceptors (Lipinski definition) is 5. The highest BCUT2D eigenvalue weighted by molar-refractivity contribution is 7.91. The van der Waals surface area contributed by atoms with Crippen LogP contribution >= 0.6 is 11.6 Å². The molecule has 1 aliphatic heterocycles. The van der Waals surface area contributed by atoms with Crippen molar-refractivity contribution in [3.05, 3.63) is 41.4 Å². The Morgan fingerprint density at radius 1 is 1.38 bits per heavy atom. The second kappa shape index (κ2) is 6.94. The highest BCUT2D eigenvalue weighted by Gasteiger charge is 2.28. The molecule has 0 bridgehead atoms. The van der Waals surface area contributed by atoms with Crippen LogP contribution in [0.3, 0.4) is 0 Å². The topological polar surface area (TPSA) is 89.3 Å². The van der Waals surface area contributed by atoms with Crippen LogP contribution in [0.25, 0.3) is 11.3 Å². The fourth-order valence-corrected chi connectivity index (χ4v) is 4.54. The number of hydrogen-bond donors (Lipinski definition) is 1. The molecular formula is C16H17ClN2O4S. The molecule has 1 fully saturated rings. The first-order chi connectivity index (χ1) is 11.4. The molecule has 2 heterocycles. The first kappa shape index (κ1) is 17.0. The number of nitrogens with one attached hydrogen (secondary N) is 1. The number of aryl methyl sites for hydroxylation is 1. The molecule has 8 heteroatoms. The molecule has 1 aliphatic rings. The van der Waals surface area contributed by atoms with Gasteiger partial charge in [-0.15, -0.1) is 0 Å². The van der Waals surface area contributed by atoms with Crippen molar-refractivity contribution in [1.82, 2.24) is 10.3 Å². The summed E-state index contributed by atoms with van der Waals surface area (Å²) in [4.78, 5) is 16.1. The average Bonchev–Trinajstić information content (AvgIpc) is 3.12. The number of carbonyl (C=O) groups is 1. The van der Waals surface area contributed by atoms with Gasteiger partial charge in [-0.1, -0.05) is 23.7 Å². The van der Waals surface area contributed by atoms with E-state index in [9.17, 15) is 13.2 Å². The van der Waals surface area contributed by atoms with E-state index in [-0.39, 0.29) is 29.9 Å². The van der Waals surface area contributed by atoms with Gasteiger partial charge >= 0.3 is 0 Å². The SMILES string of the molecule is O=C(CCc1ncc(-c2ccccc2Cl)o1)NC1CCS(=O)(=O)C1. The molecule has 1 unspecified atom stereocenters. The summed E-state index contributed by atoms with van der Waals surface area (Å²) >= 11 is 6.11. The normalized spacial score (nSPS) is 19.3. The van der Waals surface area contributed by atoms with Crippen LogP contribution in [0, 0.1) is 0 Å². The molecular weight excluding hydrogens is 352 g/mol. The number of halogens is 1. The molecule has 1 atom stereocenters. The fraction of sp³-hybridized carbons (Fsp3) is 0.375. The van der Waals surface area contributed by atoms with Crippen molar-refractivity contribution in [2.75, 3.05) is 11.5 Å². The summed E-state index contributed by atoms with van der Waals surface area (Å²) < 4.78 is 28.4. The Morgan fingerprint density at radius 3 is 2.88 bits per heavy atom. The van der Waals surface area contributed by atoms with Gasteiger partial charge in [0, 0.05) is 24.4 Å². The van der Waals surface area contributed by atoms with Crippen molar-refractivity contribution in [1.29, 1.82) is 0 Å². The van der Waals surface area contributed by atoms with E-state index in [2.05, 4.69) is 10.3 Å². The van der Waals surface area contributed by atoms with Gasteiger partial charge in [0.05, 0.1) is 22.7 Å². The zero-order valence-electron chi connectivity index (χ0n) is 12.9. The summed E-state index contributed by atoms with van der Waals surface area (Å²) in [6.45, 7) is 0. The number of nitrogens with zero attached hydrogens (tertiary/aromatic N) is 1. The van der Waals surface area contributed by atoms with E-state index in [1.165, 1.54) is 0 Å². The summed E-state index contributed by atoms with van der Waals surface area (Å²) in [5.74, 6) is 0.958. The Balaban J connectivity index is 1.54. The monoisotopic (exact) mass is 368 g/mol. The molecule has 1 N–H and O–H groups in total. The van der Waals surface area contributed by atoms with Crippen LogP contribution in [0.1, 0.15) is 18.7 Å². The van der Waals surface area contributed by atoms with E-state index in [1.54, 1.807) is 12.3 Å². The molecule has 24 heavy (non-hydrogen) atoms. The number of oxazole rings is 1. The molecule has 1 amide bonds. The Morgan fingerprint density at radius 2 is 2.17 bits per heavy atom. The van der Waals surface area contributed by atoms with Crippen LogP contribution in [-0.2, 0) is 21.1 Å². The number of amides is 1. The predicted octanol–water partition coefficient (Wildman–Crippen LogP) is 2.23. The molecule has 1 aromatic heterocycles. The molecule has 2 aromatic rings. The molecule has 0 spiro atoms.